The molecule has 0 aliphatic heterocycles. The van der Waals surface area contributed by atoms with E-state index in [0.717, 1.165) is 18.3 Å². The molecule has 0 amide bonds. The van der Waals surface area contributed by atoms with Gasteiger partial charge in [-0.3, -0.25) is 0 Å². The molecular weight excluding hydrogens is 266 g/mol. The second-order valence-corrected chi connectivity index (χ2v) is 3.51. The van der Waals surface area contributed by atoms with Crippen molar-refractivity contribution in [3.63, 3.8) is 0 Å². The maximum absolute atomic E-state index is 13.0. The van der Waals surface area contributed by atoms with E-state index < -0.39 is 23.7 Å². The normalized spacial score (nSPS) is 11.4. The Balaban J connectivity index is 2.31. The van der Waals surface area contributed by atoms with Crippen LogP contribution in [-0.4, -0.2) is 9.97 Å². The van der Waals surface area contributed by atoms with E-state index in [0.29, 0.717) is 6.07 Å². The van der Waals surface area contributed by atoms with Gasteiger partial charge in [-0.2, -0.15) is 18.2 Å². The molecule has 0 aliphatic rings. The molecule has 4 nitrogen and oxygen atoms in total. The first-order valence-corrected chi connectivity index (χ1v) is 4.99. The van der Waals surface area contributed by atoms with Crippen molar-refractivity contribution in [3.05, 3.63) is 42.0 Å². The maximum atomic E-state index is 13.0. The van der Waals surface area contributed by atoms with Gasteiger partial charge in [0.15, 0.2) is 11.4 Å². The number of nitrogen functional groups attached to an aromatic ring is 1. The summed E-state index contributed by atoms with van der Waals surface area (Å²) in [5, 5.41) is 0. The zero-order valence-electron chi connectivity index (χ0n) is 9.28. The summed E-state index contributed by atoms with van der Waals surface area (Å²) in [4.78, 5) is 6.68. The van der Waals surface area contributed by atoms with Gasteiger partial charge in [0.2, 0.25) is 0 Å². The Hall–Kier alpha value is -2.38. The van der Waals surface area contributed by atoms with Crippen LogP contribution in [0.3, 0.4) is 0 Å². The second-order valence-electron chi connectivity index (χ2n) is 3.51. The minimum Gasteiger partial charge on any atom is -0.422 e. The van der Waals surface area contributed by atoms with Gasteiger partial charge in [0.25, 0.3) is 0 Å². The average Bonchev–Trinajstić information content (AvgIpc) is 2.33. The Morgan fingerprint density at radius 3 is 2.58 bits per heavy atom. The topological polar surface area (TPSA) is 61.0 Å². The number of benzene rings is 1. The second kappa shape index (κ2) is 4.71. The molecule has 0 fully saturated rings. The van der Waals surface area contributed by atoms with E-state index in [1.807, 2.05) is 0 Å². The van der Waals surface area contributed by atoms with Crippen LogP contribution in [0.2, 0.25) is 0 Å². The predicted octanol–water partition coefficient (Wildman–Crippen LogP) is 3.01. The lowest BCUT2D eigenvalue weighted by Gasteiger charge is -2.09. The number of anilines is 1. The molecule has 0 saturated heterocycles. The number of rotatable bonds is 2. The van der Waals surface area contributed by atoms with Crippen molar-refractivity contribution in [1.82, 2.24) is 9.97 Å². The lowest BCUT2D eigenvalue weighted by molar-refractivity contribution is -0.141. The van der Waals surface area contributed by atoms with Crippen molar-refractivity contribution < 1.29 is 22.3 Å². The van der Waals surface area contributed by atoms with Crippen LogP contribution in [0.5, 0.6) is 11.8 Å². The van der Waals surface area contributed by atoms with Gasteiger partial charge in [-0.05, 0) is 18.2 Å². The number of aromatic nitrogens is 2. The Bertz CT molecular complexity index is 601. The minimum absolute atomic E-state index is 0.0578. The lowest BCUT2D eigenvalue weighted by Crippen LogP contribution is -2.09. The third-order valence-electron chi connectivity index (χ3n) is 2.10. The molecule has 0 spiro atoms. The van der Waals surface area contributed by atoms with Crippen LogP contribution in [0.15, 0.2) is 30.5 Å². The van der Waals surface area contributed by atoms with E-state index in [4.69, 9.17) is 10.5 Å². The molecule has 0 unspecified atom stereocenters. The van der Waals surface area contributed by atoms with E-state index in [1.165, 1.54) is 6.07 Å². The maximum Gasteiger partial charge on any atom is 0.433 e. The van der Waals surface area contributed by atoms with Gasteiger partial charge < -0.3 is 10.5 Å². The van der Waals surface area contributed by atoms with Gasteiger partial charge in [-0.1, -0.05) is 0 Å². The molecule has 1 heterocycles. The van der Waals surface area contributed by atoms with Crippen molar-refractivity contribution in [3.8, 4) is 11.8 Å². The van der Waals surface area contributed by atoms with Crippen LogP contribution < -0.4 is 10.5 Å². The number of hydrogen-bond donors (Lipinski definition) is 1. The number of hydrogen-bond acceptors (Lipinski definition) is 4. The summed E-state index contributed by atoms with van der Waals surface area (Å²) in [5.41, 5.74) is 4.39. The van der Waals surface area contributed by atoms with Gasteiger partial charge in [-0.25, -0.2) is 9.37 Å². The third kappa shape index (κ3) is 3.09. The zero-order chi connectivity index (χ0) is 14.0. The summed E-state index contributed by atoms with van der Waals surface area (Å²) in [6.45, 7) is 0. The van der Waals surface area contributed by atoms with E-state index >= 15 is 0 Å². The third-order valence-corrected chi connectivity index (χ3v) is 2.10. The van der Waals surface area contributed by atoms with Crippen molar-refractivity contribution >= 4 is 5.69 Å². The minimum atomic E-state index is -4.62. The predicted molar refractivity (Wildman–Crippen MR) is 57.9 cm³/mol. The van der Waals surface area contributed by atoms with Crippen molar-refractivity contribution in [2.75, 3.05) is 5.73 Å². The SMILES string of the molecule is Nc1ccc(F)cc1Oc1nccc(C(F)(F)F)n1. The van der Waals surface area contributed by atoms with Crippen LogP contribution >= 0.6 is 0 Å². The number of alkyl halides is 3. The Morgan fingerprint density at radius 2 is 1.89 bits per heavy atom. The highest BCUT2D eigenvalue weighted by atomic mass is 19.4. The Morgan fingerprint density at radius 1 is 1.16 bits per heavy atom. The molecule has 0 atom stereocenters. The zero-order valence-corrected chi connectivity index (χ0v) is 9.28. The van der Waals surface area contributed by atoms with Crippen molar-refractivity contribution in [2.45, 2.75) is 6.18 Å². The van der Waals surface area contributed by atoms with Crippen LogP contribution in [0.25, 0.3) is 0 Å². The first-order chi connectivity index (χ1) is 8.86. The number of nitrogens with two attached hydrogens (primary N) is 1. The summed E-state index contributed by atoms with van der Waals surface area (Å²) in [6.07, 6.45) is -3.73. The first-order valence-electron chi connectivity index (χ1n) is 4.99. The number of nitrogens with zero attached hydrogens (tertiary/aromatic N) is 2. The number of ether oxygens (including phenoxy) is 1. The molecule has 2 N–H and O–H groups in total. The molecule has 2 rings (SSSR count). The van der Waals surface area contributed by atoms with E-state index in [2.05, 4.69) is 9.97 Å². The molecule has 1 aromatic heterocycles. The number of halogens is 4. The molecule has 2 aromatic rings. The first kappa shape index (κ1) is 13.1. The molecule has 0 bridgehead atoms. The highest BCUT2D eigenvalue weighted by Gasteiger charge is 2.33. The largest absolute Gasteiger partial charge is 0.433 e. The monoisotopic (exact) mass is 273 g/mol. The van der Waals surface area contributed by atoms with Gasteiger partial charge in [-0.15, -0.1) is 0 Å². The van der Waals surface area contributed by atoms with Gasteiger partial charge in [0, 0.05) is 12.3 Å². The fraction of sp³-hybridized carbons (Fsp3) is 0.0909. The molecule has 0 saturated carbocycles. The Labute approximate surface area is 104 Å². The lowest BCUT2D eigenvalue weighted by atomic mass is 10.3. The molecular formula is C11H7F4N3O. The smallest absolute Gasteiger partial charge is 0.422 e. The van der Waals surface area contributed by atoms with E-state index in [-0.39, 0.29) is 11.4 Å². The highest BCUT2D eigenvalue weighted by molar-refractivity contribution is 5.53. The van der Waals surface area contributed by atoms with Crippen molar-refractivity contribution in [1.29, 1.82) is 0 Å². The van der Waals surface area contributed by atoms with Gasteiger partial charge >= 0.3 is 12.2 Å². The summed E-state index contributed by atoms with van der Waals surface area (Å²) < 4.78 is 55.2. The van der Waals surface area contributed by atoms with Crippen LogP contribution in [-0.2, 0) is 6.18 Å². The molecule has 8 heteroatoms. The molecule has 19 heavy (non-hydrogen) atoms. The van der Waals surface area contributed by atoms with Crippen LogP contribution in [0, 0.1) is 5.82 Å². The summed E-state index contributed by atoms with van der Waals surface area (Å²) in [5.74, 6) is -0.796. The van der Waals surface area contributed by atoms with Gasteiger partial charge in [0.1, 0.15) is 5.82 Å². The standard InChI is InChI=1S/C11H7F4N3O/c12-6-1-2-7(16)8(5-6)19-10-17-4-3-9(18-10)11(13,14)15/h1-5H,16H2. The Kier molecular flexibility index (Phi) is 3.24. The summed E-state index contributed by atoms with van der Waals surface area (Å²) >= 11 is 0. The fourth-order valence-corrected chi connectivity index (χ4v) is 1.24. The van der Waals surface area contributed by atoms with Crippen LogP contribution in [0.1, 0.15) is 5.69 Å². The summed E-state index contributed by atoms with van der Waals surface area (Å²) in [7, 11) is 0. The van der Waals surface area contributed by atoms with Crippen molar-refractivity contribution in [2.24, 2.45) is 0 Å². The van der Waals surface area contributed by atoms with Crippen LogP contribution in [0.4, 0.5) is 23.2 Å². The van der Waals surface area contributed by atoms with E-state index in [9.17, 15) is 17.6 Å². The molecule has 0 aliphatic carbocycles. The molecule has 100 valence electrons. The average molecular weight is 273 g/mol. The fourth-order valence-electron chi connectivity index (χ4n) is 1.24. The van der Waals surface area contributed by atoms with E-state index in [1.54, 1.807) is 0 Å². The molecule has 1 aromatic carbocycles. The van der Waals surface area contributed by atoms with Gasteiger partial charge in [0.05, 0.1) is 5.69 Å². The quantitative estimate of drug-likeness (QED) is 0.675. The highest BCUT2D eigenvalue weighted by Crippen LogP contribution is 2.30. The summed E-state index contributed by atoms with van der Waals surface area (Å²) in [6, 6.07) is 3.38. The molecule has 0 radical (unpaired) electrons.